The fourth-order valence-electron chi connectivity index (χ4n) is 3.38. The van der Waals surface area contributed by atoms with Crippen LogP contribution < -0.4 is 15.2 Å². The zero-order valence-corrected chi connectivity index (χ0v) is 20.6. The van der Waals surface area contributed by atoms with Crippen molar-refractivity contribution in [2.24, 2.45) is 10.2 Å². The van der Waals surface area contributed by atoms with Gasteiger partial charge in [-0.1, -0.05) is 24.3 Å². The van der Waals surface area contributed by atoms with Crippen molar-refractivity contribution in [2.75, 3.05) is 17.5 Å². The molecule has 0 bridgehead atoms. The number of carbonyl (C=O) groups excluding carboxylic acids is 1. The van der Waals surface area contributed by atoms with Gasteiger partial charge < -0.3 is 9.84 Å². The van der Waals surface area contributed by atoms with Gasteiger partial charge in [0.05, 0.1) is 18.4 Å². The molecular formula is C24H18N6O4S2. The number of hydrogen-bond donors (Lipinski definition) is 2. The topological polar surface area (TPSA) is 129 Å². The Labute approximate surface area is 213 Å². The molecule has 0 spiro atoms. The molecule has 5 rings (SSSR count). The molecule has 180 valence electrons. The van der Waals surface area contributed by atoms with Crippen molar-refractivity contribution in [3.8, 4) is 17.0 Å². The van der Waals surface area contributed by atoms with Crippen molar-refractivity contribution in [2.45, 2.75) is 6.92 Å². The fourth-order valence-corrected chi connectivity index (χ4v) is 4.76. The summed E-state index contributed by atoms with van der Waals surface area (Å²) in [6.45, 7) is 1.93. The molecule has 2 aromatic heterocycles. The first kappa shape index (κ1) is 23.3. The minimum atomic E-state index is -1.00. The van der Waals surface area contributed by atoms with Crippen molar-refractivity contribution in [1.29, 1.82) is 0 Å². The monoisotopic (exact) mass is 518 g/mol. The summed E-state index contributed by atoms with van der Waals surface area (Å²) in [6.07, 6.45) is 1.72. The van der Waals surface area contributed by atoms with E-state index >= 15 is 0 Å². The van der Waals surface area contributed by atoms with Gasteiger partial charge in [0.2, 0.25) is 10.3 Å². The second-order valence-electron chi connectivity index (χ2n) is 7.54. The highest BCUT2D eigenvalue weighted by Gasteiger charge is 2.36. The maximum Gasteiger partial charge on any atom is 0.335 e. The van der Waals surface area contributed by atoms with Gasteiger partial charge >= 0.3 is 11.9 Å². The lowest BCUT2D eigenvalue weighted by Crippen LogP contribution is -2.28. The zero-order valence-electron chi connectivity index (χ0n) is 19.0. The smallest absolute Gasteiger partial charge is 0.335 e. The fraction of sp³-hybridized carbons (Fsp3) is 0.0833. The number of methoxy groups -OCH3 is 1. The van der Waals surface area contributed by atoms with Crippen LogP contribution in [0.2, 0.25) is 0 Å². The van der Waals surface area contributed by atoms with E-state index < -0.39 is 11.9 Å². The maximum atomic E-state index is 13.4. The number of anilines is 2. The van der Waals surface area contributed by atoms with Gasteiger partial charge in [-0.3, -0.25) is 10.2 Å². The summed E-state index contributed by atoms with van der Waals surface area (Å²) in [5.41, 5.74) is 5.48. The van der Waals surface area contributed by atoms with Crippen molar-refractivity contribution in [3.63, 3.8) is 0 Å². The number of nitrogens with one attached hydrogen (secondary N) is 1. The highest BCUT2D eigenvalue weighted by molar-refractivity contribution is 7.15. The number of rotatable bonds is 7. The van der Waals surface area contributed by atoms with Gasteiger partial charge in [0.15, 0.2) is 5.71 Å². The van der Waals surface area contributed by atoms with Crippen molar-refractivity contribution in [3.05, 3.63) is 76.1 Å². The molecule has 0 saturated carbocycles. The van der Waals surface area contributed by atoms with Crippen LogP contribution in [0.5, 0.6) is 5.75 Å². The maximum absolute atomic E-state index is 13.4. The molecule has 1 amide bonds. The number of carboxylic acids is 1. The predicted octanol–water partition coefficient (Wildman–Crippen LogP) is 4.50. The van der Waals surface area contributed by atoms with Crippen LogP contribution in [-0.4, -0.2) is 45.5 Å². The summed E-state index contributed by atoms with van der Waals surface area (Å²) in [4.78, 5) is 34.4. The lowest BCUT2D eigenvalue weighted by Gasteiger charge is -2.06. The molecule has 2 N–H and O–H groups in total. The molecule has 12 heteroatoms. The Balaban J connectivity index is 1.50. The number of nitrogens with zero attached hydrogens (tertiary/aromatic N) is 5. The molecule has 1 aliphatic rings. The minimum absolute atomic E-state index is 0.110. The van der Waals surface area contributed by atoms with E-state index in [0.29, 0.717) is 33.0 Å². The molecule has 0 aliphatic carbocycles. The van der Waals surface area contributed by atoms with Gasteiger partial charge in [-0.2, -0.15) is 15.2 Å². The lowest BCUT2D eigenvalue weighted by atomic mass is 10.1. The zero-order chi connectivity index (χ0) is 25.2. The molecule has 0 unspecified atom stereocenters. The molecular weight excluding hydrogens is 500 g/mol. The van der Waals surface area contributed by atoms with Gasteiger partial charge in [0.25, 0.3) is 0 Å². The third-order valence-electron chi connectivity index (χ3n) is 5.15. The van der Waals surface area contributed by atoms with Crippen LogP contribution in [0.25, 0.3) is 11.3 Å². The first-order valence-electron chi connectivity index (χ1n) is 10.6. The number of carboxylic acid groups (broad SMARTS) is 1. The number of hydrogen-bond acceptors (Lipinski definition) is 10. The normalized spacial score (nSPS) is 14.3. The highest BCUT2D eigenvalue weighted by atomic mass is 32.1. The van der Waals surface area contributed by atoms with E-state index in [1.54, 1.807) is 49.0 Å². The standard InChI is InChI=1S/C24H18N6O4S2/c1-13-11-25-23(36-13)28-27-20-19(16-4-3-5-17(10-16)34-2)29-30(21(20)31)24-26-18(12-35-24)14-6-8-15(9-7-14)22(32)33/h3-12H,1-2H3,(H,25,28)(H,32,33)/b27-20-. The number of thiazole rings is 2. The van der Waals surface area contributed by atoms with Gasteiger partial charge in [0, 0.05) is 27.6 Å². The number of amides is 1. The van der Waals surface area contributed by atoms with Gasteiger partial charge in [-0.05, 0) is 31.2 Å². The van der Waals surface area contributed by atoms with Crippen molar-refractivity contribution < 1.29 is 19.4 Å². The molecule has 10 nitrogen and oxygen atoms in total. The minimum Gasteiger partial charge on any atom is -0.497 e. The number of benzene rings is 2. The third kappa shape index (κ3) is 4.59. The highest BCUT2D eigenvalue weighted by Crippen LogP contribution is 2.31. The Morgan fingerprint density at radius 1 is 1.17 bits per heavy atom. The molecule has 4 aromatic rings. The van der Waals surface area contributed by atoms with E-state index in [1.807, 2.05) is 13.0 Å². The first-order valence-corrected chi connectivity index (χ1v) is 12.3. The SMILES string of the molecule is COc1cccc(C2=NN(c3nc(-c4ccc(C(=O)O)cc4)cs3)C(=O)/C2=N\Nc2ncc(C)s2)c1. The second-order valence-corrected chi connectivity index (χ2v) is 9.61. The Hall–Kier alpha value is -4.42. The van der Waals surface area contributed by atoms with Crippen LogP contribution in [-0.2, 0) is 4.79 Å². The van der Waals surface area contributed by atoms with Crippen LogP contribution >= 0.6 is 22.7 Å². The Bertz CT molecular complexity index is 1520. The molecule has 3 heterocycles. The quantitative estimate of drug-likeness (QED) is 0.345. The van der Waals surface area contributed by atoms with Crippen LogP contribution in [0.4, 0.5) is 10.3 Å². The molecule has 1 aliphatic heterocycles. The Morgan fingerprint density at radius 2 is 1.97 bits per heavy atom. The molecule has 0 radical (unpaired) electrons. The van der Waals surface area contributed by atoms with E-state index in [9.17, 15) is 9.59 Å². The summed E-state index contributed by atoms with van der Waals surface area (Å²) in [7, 11) is 1.56. The number of aromatic nitrogens is 2. The summed E-state index contributed by atoms with van der Waals surface area (Å²) < 4.78 is 5.33. The second kappa shape index (κ2) is 9.68. The molecule has 0 fully saturated rings. The third-order valence-corrected chi connectivity index (χ3v) is 6.78. The van der Waals surface area contributed by atoms with Gasteiger partial charge in [-0.25, -0.2) is 14.8 Å². The number of hydrazone groups is 2. The average molecular weight is 519 g/mol. The Kier molecular flexibility index (Phi) is 6.27. The van der Waals surface area contributed by atoms with E-state index in [-0.39, 0.29) is 11.3 Å². The first-order chi connectivity index (χ1) is 17.4. The molecule has 0 atom stereocenters. The number of ether oxygens (including phenoxy) is 1. The van der Waals surface area contributed by atoms with Crippen LogP contribution in [0.3, 0.4) is 0 Å². The summed E-state index contributed by atoms with van der Waals surface area (Å²) in [6, 6.07) is 13.6. The van der Waals surface area contributed by atoms with Gasteiger partial charge in [0.1, 0.15) is 11.5 Å². The van der Waals surface area contributed by atoms with Crippen LogP contribution in [0, 0.1) is 6.92 Å². The number of aromatic carboxylic acids is 1. The number of carbonyl (C=O) groups is 2. The van der Waals surface area contributed by atoms with Gasteiger partial charge in [-0.15, -0.1) is 22.7 Å². The van der Waals surface area contributed by atoms with E-state index in [2.05, 4.69) is 25.6 Å². The number of aryl methyl sites for hydroxylation is 1. The average Bonchev–Trinajstić information content (AvgIpc) is 3.62. The van der Waals surface area contributed by atoms with E-state index in [0.717, 1.165) is 10.4 Å². The molecule has 36 heavy (non-hydrogen) atoms. The van der Waals surface area contributed by atoms with E-state index in [4.69, 9.17) is 9.84 Å². The van der Waals surface area contributed by atoms with Crippen LogP contribution in [0.1, 0.15) is 20.8 Å². The lowest BCUT2D eigenvalue weighted by molar-refractivity contribution is -0.112. The molecule has 2 aromatic carbocycles. The summed E-state index contributed by atoms with van der Waals surface area (Å²) >= 11 is 2.66. The summed E-state index contributed by atoms with van der Waals surface area (Å²) in [5.74, 6) is -0.836. The largest absolute Gasteiger partial charge is 0.497 e. The van der Waals surface area contributed by atoms with E-state index in [1.165, 1.54) is 39.8 Å². The van der Waals surface area contributed by atoms with Crippen molar-refractivity contribution in [1.82, 2.24) is 9.97 Å². The molecule has 0 saturated heterocycles. The van der Waals surface area contributed by atoms with Crippen LogP contribution in [0.15, 0.2) is 70.3 Å². The van der Waals surface area contributed by atoms with Crippen molar-refractivity contribution >= 4 is 56.2 Å². The Morgan fingerprint density at radius 3 is 2.67 bits per heavy atom. The predicted molar refractivity (Wildman–Crippen MR) is 139 cm³/mol. The summed E-state index contributed by atoms with van der Waals surface area (Å²) in [5, 5.41) is 21.9.